The van der Waals surface area contributed by atoms with Crippen LogP contribution in [-0.4, -0.2) is 34.7 Å². The second-order valence-electron chi connectivity index (χ2n) is 9.09. The monoisotopic (exact) mass is 662 g/mol. The van der Waals surface area contributed by atoms with E-state index in [-0.39, 0.29) is 25.0 Å². The SMILES string of the molecule is Cc1ccccc1/C=N/N=C1\S/C(=C\c2cc(Br)ccc2OCC(=O)Nc2ccc(Cl)cc2)C(=O)N1Cc1ccco1. The summed E-state index contributed by atoms with van der Waals surface area (Å²) in [5.41, 5.74) is 3.21. The molecule has 2 amide bonds. The molecular formula is C31H24BrClN4O4S. The van der Waals surface area contributed by atoms with Gasteiger partial charge < -0.3 is 14.5 Å². The highest BCUT2D eigenvalue weighted by Gasteiger charge is 2.34. The zero-order valence-electron chi connectivity index (χ0n) is 22.3. The predicted molar refractivity (Wildman–Crippen MR) is 171 cm³/mol. The Bertz CT molecular complexity index is 1690. The number of amidine groups is 1. The first kappa shape index (κ1) is 29.4. The van der Waals surface area contributed by atoms with Gasteiger partial charge in [0.25, 0.3) is 11.8 Å². The van der Waals surface area contributed by atoms with E-state index in [0.717, 1.165) is 15.6 Å². The van der Waals surface area contributed by atoms with Gasteiger partial charge in [-0.25, -0.2) is 0 Å². The zero-order valence-corrected chi connectivity index (χ0v) is 25.4. The molecule has 5 rings (SSSR count). The largest absolute Gasteiger partial charge is 0.483 e. The number of rotatable bonds is 9. The number of thioether (sulfide) groups is 1. The van der Waals surface area contributed by atoms with Gasteiger partial charge in [0.1, 0.15) is 11.5 Å². The van der Waals surface area contributed by atoms with Gasteiger partial charge in [0.15, 0.2) is 11.8 Å². The lowest BCUT2D eigenvalue weighted by Gasteiger charge is -2.13. The van der Waals surface area contributed by atoms with Crippen LogP contribution in [0.5, 0.6) is 5.75 Å². The van der Waals surface area contributed by atoms with Crippen molar-refractivity contribution in [1.82, 2.24) is 4.90 Å². The van der Waals surface area contributed by atoms with E-state index in [4.69, 9.17) is 20.8 Å². The number of benzene rings is 3. The smallest absolute Gasteiger partial charge is 0.267 e. The summed E-state index contributed by atoms with van der Waals surface area (Å²) in [5.74, 6) is 0.452. The van der Waals surface area contributed by atoms with Gasteiger partial charge in [0, 0.05) is 20.7 Å². The molecule has 0 radical (unpaired) electrons. The molecule has 11 heteroatoms. The minimum Gasteiger partial charge on any atom is -0.483 e. The quantitative estimate of drug-likeness (QED) is 0.114. The summed E-state index contributed by atoms with van der Waals surface area (Å²) in [7, 11) is 0. The fourth-order valence-electron chi connectivity index (χ4n) is 3.93. The minimum atomic E-state index is -0.337. The van der Waals surface area contributed by atoms with Crippen molar-refractivity contribution in [3.05, 3.63) is 122 Å². The van der Waals surface area contributed by atoms with Crippen LogP contribution < -0.4 is 10.1 Å². The van der Waals surface area contributed by atoms with Gasteiger partial charge in [-0.1, -0.05) is 51.8 Å². The highest BCUT2D eigenvalue weighted by molar-refractivity contribution is 9.10. The second kappa shape index (κ2) is 13.7. The van der Waals surface area contributed by atoms with Crippen molar-refractivity contribution < 1.29 is 18.7 Å². The Morgan fingerprint density at radius 2 is 1.90 bits per heavy atom. The molecule has 1 fully saturated rings. The van der Waals surface area contributed by atoms with Crippen LogP contribution in [0.3, 0.4) is 0 Å². The van der Waals surface area contributed by atoms with Crippen LogP contribution in [0.15, 0.2) is 109 Å². The summed E-state index contributed by atoms with van der Waals surface area (Å²) in [4.78, 5) is 28.0. The van der Waals surface area contributed by atoms with Crippen molar-refractivity contribution in [3.8, 4) is 5.75 Å². The van der Waals surface area contributed by atoms with E-state index in [2.05, 4.69) is 31.4 Å². The summed E-state index contributed by atoms with van der Waals surface area (Å²) in [6.45, 7) is 1.96. The molecule has 1 aliphatic heterocycles. The van der Waals surface area contributed by atoms with Gasteiger partial charge in [0.2, 0.25) is 0 Å². The number of halogens is 2. The average Bonchev–Trinajstić information content (AvgIpc) is 3.59. The number of nitrogens with one attached hydrogen (secondary N) is 1. The van der Waals surface area contributed by atoms with E-state index >= 15 is 0 Å². The normalized spacial score (nSPS) is 15.2. The molecule has 1 aromatic heterocycles. The van der Waals surface area contributed by atoms with Crippen LogP contribution in [0.4, 0.5) is 5.69 Å². The third kappa shape index (κ3) is 7.58. The Morgan fingerprint density at radius 1 is 1.10 bits per heavy atom. The van der Waals surface area contributed by atoms with Gasteiger partial charge >= 0.3 is 0 Å². The number of anilines is 1. The Morgan fingerprint density at radius 3 is 2.67 bits per heavy atom. The van der Waals surface area contributed by atoms with E-state index in [1.54, 1.807) is 67.1 Å². The van der Waals surface area contributed by atoms with Crippen molar-refractivity contribution in [2.45, 2.75) is 13.5 Å². The molecule has 0 bridgehead atoms. The molecule has 1 aliphatic rings. The maximum absolute atomic E-state index is 13.6. The number of carbonyl (C=O) groups is 2. The number of carbonyl (C=O) groups excluding carboxylic acids is 2. The predicted octanol–water partition coefficient (Wildman–Crippen LogP) is 7.53. The van der Waals surface area contributed by atoms with Crippen molar-refractivity contribution in [3.63, 3.8) is 0 Å². The molecule has 42 heavy (non-hydrogen) atoms. The fraction of sp³-hybridized carbons (Fsp3) is 0.0968. The molecule has 3 aromatic carbocycles. The van der Waals surface area contributed by atoms with Crippen LogP contribution in [0, 0.1) is 6.92 Å². The lowest BCUT2D eigenvalue weighted by molar-refractivity contribution is -0.122. The van der Waals surface area contributed by atoms with Crippen molar-refractivity contribution in [2.24, 2.45) is 10.2 Å². The maximum atomic E-state index is 13.6. The first-order valence-corrected chi connectivity index (χ1v) is 14.7. The summed E-state index contributed by atoms with van der Waals surface area (Å²) in [5, 5.41) is 12.4. The summed E-state index contributed by atoms with van der Waals surface area (Å²) in [6.07, 6.45) is 4.93. The molecule has 0 aliphatic carbocycles. The zero-order chi connectivity index (χ0) is 29.5. The van der Waals surface area contributed by atoms with Crippen LogP contribution in [-0.2, 0) is 16.1 Å². The van der Waals surface area contributed by atoms with E-state index in [1.165, 1.54) is 16.7 Å². The fourth-order valence-corrected chi connectivity index (χ4v) is 5.36. The Hall–Kier alpha value is -4.12. The standard InChI is InChI=1S/C31H24BrClN4O4S/c1-20-5-2-3-6-21(20)17-34-36-31-37(18-26-7-4-14-40-26)30(39)28(42-31)16-22-15-23(32)8-13-27(22)41-19-29(38)35-25-11-9-24(33)10-12-25/h2-17H,18-19H2,1H3,(H,35,38)/b28-16-,34-17+,36-31-. The van der Waals surface area contributed by atoms with Gasteiger partial charge in [-0.05, 0) is 90.5 Å². The van der Waals surface area contributed by atoms with Crippen molar-refractivity contribution >= 4 is 74.3 Å². The van der Waals surface area contributed by atoms with E-state index in [1.807, 2.05) is 37.3 Å². The third-order valence-electron chi connectivity index (χ3n) is 6.06. The molecule has 0 spiro atoms. The molecule has 0 atom stereocenters. The molecular weight excluding hydrogens is 640 g/mol. The summed E-state index contributed by atoms with van der Waals surface area (Å²) < 4.78 is 12.1. The molecule has 1 N–H and O–H groups in total. The van der Waals surface area contributed by atoms with Crippen LogP contribution in [0.1, 0.15) is 22.5 Å². The minimum absolute atomic E-state index is 0.196. The number of amides is 2. The van der Waals surface area contributed by atoms with Crippen LogP contribution in [0.25, 0.3) is 6.08 Å². The maximum Gasteiger partial charge on any atom is 0.267 e. The van der Waals surface area contributed by atoms with Gasteiger partial charge in [-0.2, -0.15) is 5.10 Å². The summed E-state index contributed by atoms with van der Waals surface area (Å²) in [6, 6.07) is 23.5. The first-order chi connectivity index (χ1) is 20.4. The highest BCUT2D eigenvalue weighted by atomic mass is 79.9. The lowest BCUT2D eigenvalue weighted by atomic mass is 10.1. The molecule has 8 nitrogen and oxygen atoms in total. The van der Waals surface area contributed by atoms with E-state index in [0.29, 0.717) is 37.9 Å². The van der Waals surface area contributed by atoms with Crippen molar-refractivity contribution in [2.75, 3.05) is 11.9 Å². The van der Waals surface area contributed by atoms with Crippen molar-refractivity contribution in [1.29, 1.82) is 0 Å². The first-order valence-electron chi connectivity index (χ1n) is 12.7. The third-order valence-corrected chi connectivity index (χ3v) is 7.80. The highest BCUT2D eigenvalue weighted by Crippen LogP contribution is 2.36. The number of nitrogens with zero attached hydrogens (tertiary/aromatic N) is 3. The topological polar surface area (TPSA) is 96.5 Å². The van der Waals surface area contributed by atoms with E-state index in [9.17, 15) is 9.59 Å². The van der Waals surface area contributed by atoms with Gasteiger partial charge in [0.05, 0.1) is 23.9 Å². The molecule has 4 aromatic rings. The Balaban J connectivity index is 1.37. The van der Waals surface area contributed by atoms with Gasteiger partial charge in [-0.3, -0.25) is 14.5 Å². The molecule has 212 valence electrons. The average molecular weight is 664 g/mol. The lowest BCUT2D eigenvalue weighted by Crippen LogP contribution is -2.28. The molecule has 0 unspecified atom stereocenters. The van der Waals surface area contributed by atoms with E-state index < -0.39 is 0 Å². The van der Waals surface area contributed by atoms with Crippen LogP contribution in [0.2, 0.25) is 5.02 Å². The molecule has 2 heterocycles. The number of furan rings is 1. The van der Waals surface area contributed by atoms with Crippen LogP contribution >= 0.6 is 39.3 Å². The number of hydrogen-bond acceptors (Lipinski definition) is 7. The number of aryl methyl sites for hydroxylation is 1. The van der Waals surface area contributed by atoms with Gasteiger partial charge in [-0.15, -0.1) is 5.10 Å². The second-order valence-corrected chi connectivity index (χ2v) is 11.5. The summed E-state index contributed by atoms with van der Waals surface area (Å²) >= 11 is 10.6. The molecule has 1 saturated heterocycles. The molecule has 0 saturated carbocycles. The Kier molecular flexibility index (Phi) is 9.58. The number of ether oxygens (including phenoxy) is 1. The Labute approximate surface area is 260 Å². The number of hydrogen-bond donors (Lipinski definition) is 1.